The van der Waals surface area contributed by atoms with E-state index in [1.165, 1.54) is 5.56 Å². The maximum absolute atomic E-state index is 5.78. The van der Waals surface area contributed by atoms with Crippen LogP contribution in [0.25, 0.3) is 0 Å². The molecule has 0 amide bonds. The van der Waals surface area contributed by atoms with Crippen LogP contribution in [-0.2, 0) is 6.54 Å². The molecule has 0 spiro atoms. The van der Waals surface area contributed by atoms with E-state index in [1.807, 2.05) is 0 Å². The van der Waals surface area contributed by atoms with Gasteiger partial charge in [-0.1, -0.05) is 27.7 Å². The molecule has 1 aromatic carbocycles. The summed E-state index contributed by atoms with van der Waals surface area (Å²) in [5.41, 5.74) is 1.56. The molecule has 0 heterocycles. The van der Waals surface area contributed by atoms with Crippen LogP contribution < -0.4 is 14.8 Å². The van der Waals surface area contributed by atoms with Gasteiger partial charge in [-0.2, -0.15) is 0 Å². The minimum absolute atomic E-state index is 0.0787. The van der Waals surface area contributed by atoms with Crippen molar-refractivity contribution in [3.05, 3.63) is 22.2 Å². The molecule has 0 aliphatic carbocycles. The molecule has 0 saturated heterocycles. The average molecular weight is 386 g/mol. The van der Waals surface area contributed by atoms with Crippen molar-refractivity contribution in [2.24, 2.45) is 5.41 Å². The van der Waals surface area contributed by atoms with E-state index < -0.39 is 0 Å². The highest BCUT2D eigenvalue weighted by Crippen LogP contribution is 2.37. The number of halogens is 1. The molecule has 0 aliphatic rings. The Balaban J connectivity index is 2.84. The van der Waals surface area contributed by atoms with Crippen LogP contribution in [0.4, 0.5) is 0 Å². The predicted molar refractivity (Wildman–Crippen MR) is 101 cm³/mol. The molecule has 0 aromatic heterocycles. The van der Waals surface area contributed by atoms with Gasteiger partial charge in [-0.3, -0.25) is 0 Å². The number of hydrogen-bond donors (Lipinski definition) is 1. The Morgan fingerprint density at radius 1 is 1.13 bits per heavy atom. The molecule has 1 aromatic rings. The second kappa shape index (κ2) is 8.39. The second-order valence-corrected chi connectivity index (χ2v) is 8.79. The van der Waals surface area contributed by atoms with E-state index in [4.69, 9.17) is 9.47 Å². The molecule has 0 bridgehead atoms. The predicted octanol–water partition coefficient (Wildman–Crippen LogP) is 5.55. The highest BCUT2D eigenvalue weighted by Gasteiger charge is 2.25. The molecular formula is C19H32BrNO2. The van der Waals surface area contributed by atoms with E-state index in [2.05, 4.69) is 74.9 Å². The van der Waals surface area contributed by atoms with E-state index in [-0.39, 0.29) is 5.54 Å². The van der Waals surface area contributed by atoms with Gasteiger partial charge in [0.2, 0.25) is 0 Å². The van der Waals surface area contributed by atoms with Crippen molar-refractivity contribution in [2.75, 3.05) is 13.7 Å². The number of nitrogens with one attached hydrogen (secondary N) is 1. The molecule has 0 fully saturated rings. The number of hydrogen-bond acceptors (Lipinski definition) is 3. The lowest BCUT2D eigenvalue weighted by molar-refractivity contribution is 0.240. The van der Waals surface area contributed by atoms with Gasteiger partial charge in [0.15, 0.2) is 11.5 Å². The summed E-state index contributed by atoms with van der Waals surface area (Å²) in [4.78, 5) is 0. The third-order valence-corrected chi connectivity index (χ3v) is 4.07. The van der Waals surface area contributed by atoms with E-state index in [0.29, 0.717) is 12.0 Å². The molecule has 4 heteroatoms. The first-order valence-electron chi connectivity index (χ1n) is 8.32. The fraction of sp³-hybridized carbons (Fsp3) is 0.684. The zero-order valence-corrected chi connectivity index (χ0v) is 17.3. The fourth-order valence-corrected chi connectivity index (χ4v) is 3.55. The second-order valence-electron chi connectivity index (χ2n) is 7.93. The summed E-state index contributed by atoms with van der Waals surface area (Å²) in [6.07, 6.45) is 2.08. The Morgan fingerprint density at radius 2 is 1.78 bits per heavy atom. The number of methoxy groups -OCH3 is 1. The molecule has 3 nitrogen and oxygen atoms in total. The summed E-state index contributed by atoms with van der Waals surface area (Å²) in [5.74, 6) is 1.56. The van der Waals surface area contributed by atoms with Crippen LogP contribution in [0, 0.1) is 5.41 Å². The van der Waals surface area contributed by atoms with Gasteiger partial charge in [-0.05, 0) is 65.7 Å². The van der Waals surface area contributed by atoms with Gasteiger partial charge in [0, 0.05) is 12.1 Å². The molecule has 0 unspecified atom stereocenters. The van der Waals surface area contributed by atoms with Crippen molar-refractivity contribution in [3.63, 3.8) is 0 Å². The van der Waals surface area contributed by atoms with Crippen molar-refractivity contribution in [2.45, 2.75) is 66.5 Å². The topological polar surface area (TPSA) is 30.5 Å². The Morgan fingerprint density at radius 3 is 2.30 bits per heavy atom. The number of ether oxygens (including phenoxy) is 2. The average Bonchev–Trinajstić information content (AvgIpc) is 2.41. The minimum Gasteiger partial charge on any atom is -0.493 e. The van der Waals surface area contributed by atoms with Gasteiger partial charge in [0.25, 0.3) is 0 Å². The normalized spacial score (nSPS) is 12.3. The van der Waals surface area contributed by atoms with Gasteiger partial charge in [0.05, 0.1) is 18.2 Å². The molecule has 1 rings (SSSR count). The highest BCUT2D eigenvalue weighted by molar-refractivity contribution is 9.10. The van der Waals surface area contributed by atoms with Gasteiger partial charge >= 0.3 is 0 Å². The Kier molecular flexibility index (Phi) is 7.40. The van der Waals surface area contributed by atoms with E-state index in [0.717, 1.165) is 35.4 Å². The van der Waals surface area contributed by atoms with Crippen LogP contribution >= 0.6 is 15.9 Å². The van der Waals surface area contributed by atoms with Crippen LogP contribution in [0.2, 0.25) is 0 Å². The van der Waals surface area contributed by atoms with Gasteiger partial charge in [-0.25, -0.2) is 0 Å². The van der Waals surface area contributed by atoms with Gasteiger partial charge in [0.1, 0.15) is 0 Å². The molecule has 0 radical (unpaired) electrons. The van der Waals surface area contributed by atoms with Crippen LogP contribution in [0.3, 0.4) is 0 Å². The first kappa shape index (κ1) is 20.3. The Labute approximate surface area is 150 Å². The van der Waals surface area contributed by atoms with E-state index in [1.54, 1.807) is 7.11 Å². The monoisotopic (exact) mass is 385 g/mol. The largest absolute Gasteiger partial charge is 0.493 e. The molecular weight excluding hydrogens is 354 g/mol. The van der Waals surface area contributed by atoms with Crippen LogP contribution in [0.5, 0.6) is 11.5 Å². The zero-order valence-electron chi connectivity index (χ0n) is 15.7. The van der Waals surface area contributed by atoms with Crippen LogP contribution in [-0.4, -0.2) is 19.3 Å². The van der Waals surface area contributed by atoms with Gasteiger partial charge in [-0.15, -0.1) is 0 Å². The van der Waals surface area contributed by atoms with Crippen molar-refractivity contribution in [3.8, 4) is 11.5 Å². The van der Waals surface area contributed by atoms with Crippen molar-refractivity contribution >= 4 is 15.9 Å². The highest BCUT2D eigenvalue weighted by atomic mass is 79.9. The molecule has 0 saturated carbocycles. The smallest absolute Gasteiger partial charge is 0.175 e. The minimum atomic E-state index is 0.0787. The lowest BCUT2D eigenvalue weighted by Crippen LogP contribution is -2.41. The zero-order chi connectivity index (χ0) is 17.7. The summed E-state index contributed by atoms with van der Waals surface area (Å²) in [6.45, 7) is 14.9. The molecule has 23 heavy (non-hydrogen) atoms. The number of rotatable bonds is 8. The third kappa shape index (κ3) is 7.13. The van der Waals surface area contributed by atoms with Crippen LogP contribution in [0.15, 0.2) is 16.6 Å². The van der Waals surface area contributed by atoms with Crippen molar-refractivity contribution in [1.29, 1.82) is 0 Å². The van der Waals surface area contributed by atoms with E-state index in [9.17, 15) is 0 Å². The summed E-state index contributed by atoms with van der Waals surface area (Å²) in [5, 5.41) is 3.66. The van der Waals surface area contributed by atoms with Crippen molar-refractivity contribution in [1.82, 2.24) is 5.32 Å². The fourth-order valence-electron chi connectivity index (χ4n) is 2.95. The maximum atomic E-state index is 5.78. The van der Waals surface area contributed by atoms with E-state index >= 15 is 0 Å². The molecule has 1 N–H and O–H groups in total. The van der Waals surface area contributed by atoms with Crippen LogP contribution in [0.1, 0.15) is 59.9 Å². The lowest BCUT2D eigenvalue weighted by Gasteiger charge is -2.33. The summed E-state index contributed by atoms with van der Waals surface area (Å²) in [7, 11) is 1.68. The first-order valence-corrected chi connectivity index (χ1v) is 9.11. The summed E-state index contributed by atoms with van der Waals surface area (Å²) < 4.78 is 12.2. The SMILES string of the molecule is CCCOc1c(Br)cc(CNC(C)(C)CC(C)(C)C)cc1OC. The third-order valence-electron chi connectivity index (χ3n) is 3.48. The summed E-state index contributed by atoms with van der Waals surface area (Å²) in [6, 6.07) is 4.16. The summed E-state index contributed by atoms with van der Waals surface area (Å²) >= 11 is 3.61. The Hall–Kier alpha value is -0.740. The standard InChI is InChI=1S/C19H32BrNO2/c1-8-9-23-17-15(20)10-14(11-16(17)22-7)12-21-19(5,6)13-18(2,3)4/h10-11,21H,8-9,12-13H2,1-7H3. The lowest BCUT2D eigenvalue weighted by atomic mass is 9.82. The Bertz CT molecular complexity index is 507. The van der Waals surface area contributed by atoms with Gasteiger partial charge < -0.3 is 14.8 Å². The number of benzene rings is 1. The van der Waals surface area contributed by atoms with Crippen molar-refractivity contribution < 1.29 is 9.47 Å². The maximum Gasteiger partial charge on any atom is 0.175 e. The molecule has 0 atom stereocenters. The molecule has 0 aliphatic heterocycles. The molecule has 132 valence electrons. The first-order chi connectivity index (χ1) is 10.6. The quantitative estimate of drug-likeness (QED) is 0.635.